The maximum Gasteiger partial charge on any atom is 0.127 e. The Morgan fingerprint density at radius 2 is 1.94 bits per heavy atom. The van der Waals surface area contributed by atoms with Crippen molar-refractivity contribution >= 4 is 27.7 Å². The van der Waals surface area contributed by atoms with Crippen molar-refractivity contribution in [2.45, 2.75) is 17.2 Å². The Hall–Kier alpha value is -0.840. The first-order chi connectivity index (χ1) is 8.70. The number of halogens is 2. The zero-order valence-corrected chi connectivity index (χ0v) is 12.1. The molecule has 0 heterocycles. The van der Waals surface area contributed by atoms with Crippen molar-refractivity contribution in [1.29, 1.82) is 0 Å². The molecule has 2 N–H and O–H groups in total. The van der Waals surface area contributed by atoms with E-state index in [0.29, 0.717) is 17.9 Å². The molecule has 2 aromatic rings. The summed E-state index contributed by atoms with van der Waals surface area (Å²) in [6.07, 6.45) is 0. The van der Waals surface area contributed by atoms with Gasteiger partial charge in [-0.1, -0.05) is 24.3 Å². The highest BCUT2D eigenvalue weighted by Crippen LogP contribution is 2.30. The second kappa shape index (κ2) is 6.36. The monoisotopic (exact) mass is 325 g/mol. The highest BCUT2D eigenvalue weighted by molar-refractivity contribution is 9.10. The normalized spacial score (nSPS) is 10.6. The standard InChI is InChI=1S/C14H13BrFNS/c15-12-3-1-2-4-14(12)18-9-11-6-5-10(8-17)7-13(11)16/h1-7H,8-9,17H2. The molecule has 18 heavy (non-hydrogen) atoms. The van der Waals surface area contributed by atoms with E-state index in [9.17, 15) is 4.39 Å². The summed E-state index contributed by atoms with van der Waals surface area (Å²) in [4.78, 5) is 1.11. The molecular weight excluding hydrogens is 313 g/mol. The Balaban J connectivity index is 2.09. The first-order valence-electron chi connectivity index (χ1n) is 5.55. The molecule has 0 aromatic heterocycles. The molecule has 0 spiro atoms. The van der Waals surface area contributed by atoms with Crippen LogP contribution in [-0.4, -0.2) is 0 Å². The number of nitrogens with two attached hydrogens (primary N) is 1. The summed E-state index contributed by atoms with van der Waals surface area (Å²) in [5.74, 6) is 0.428. The third-order valence-electron chi connectivity index (χ3n) is 2.57. The van der Waals surface area contributed by atoms with Crippen LogP contribution in [0.15, 0.2) is 51.8 Å². The van der Waals surface area contributed by atoms with Crippen LogP contribution in [0.1, 0.15) is 11.1 Å². The number of thioether (sulfide) groups is 1. The molecule has 1 nitrogen and oxygen atoms in total. The predicted octanol–water partition coefficient (Wildman–Crippen LogP) is 4.34. The lowest BCUT2D eigenvalue weighted by atomic mass is 10.1. The first-order valence-corrected chi connectivity index (χ1v) is 7.33. The summed E-state index contributed by atoms with van der Waals surface area (Å²) in [6, 6.07) is 13.1. The maximum atomic E-state index is 13.8. The van der Waals surface area contributed by atoms with Gasteiger partial charge in [-0.15, -0.1) is 11.8 Å². The minimum absolute atomic E-state index is 0.183. The molecule has 0 atom stereocenters. The highest BCUT2D eigenvalue weighted by atomic mass is 79.9. The zero-order chi connectivity index (χ0) is 13.0. The van der Waals surface area contributed by atoms with E-state index in [0.717, 1.165) is 14.9 Å². The second-order valence-corrected chi connectivity index (χ2v) is 5.72. The van der Waals surface area contributed by atoms with E-state index >= 15 is 0 Å². The summed E-state index contributed by atoms with van der Waals surface area (Å²) in [6.45, 7) is 0.370. The molecule has 0 aliphatic rings. The van der Waals surface area contributed by atoms with E-state index in [2.05, 4.69) is 15.9 Å². The molecule has 2 rings (SSSR count). The minimum atomic E-state index is -0.183. The Bertz CT molecular complexity index is 545. The number of benzene rings is 2. The highest BCUT2D eigenvalue weighted by Gasteiger charge is 2.05. The fourth-order valence-corrected chi connectivity index (χ4v) is 3.11. The van der Waals surface area contributed by atoms with Crippen LogP contribution < -0.4 is 5.73 Å². The van der Waals surface area contributed by atoms with Crippen LogP contribution >= 0.6 is 27.7 Å². The Morgan fingerprint density at radius 1 is 1.17 bits per heavy atom. The fraction of sp³-hybridized carbons (Fsp3) is 0.143. The van der Waals surface area contributed by atoms with Gasteiger partial charge in [-0.05, 0) is 45.3 Å². The second-order valence-electron chi connectivity index (χ2n) is 3.85. The molecule has 0 saturated carbocycles. The largest absolute Gasteiger partial charge is 0.326 e. The summed E-state index contributed by atoms with van der Waals surface area (Å²) < 4.78 is 14.8. The van der Waals surface area contributed by atoms with Gasteiger partial charge in [0.1, 0.15) is 5.82 Å². The van der Waals surface area contributed by atoms with E-state index in [1.165, 1.54) is 6.07 Å². The lowest BCUT2D eigenvalue weighted by Crippen LogP contribution is -1.98. The summed E-state index contributed by atoms with van der Waals surface area (Å²) in [5, 5.41) is 0. The number of hydrogen-bond acceptors (Lipinski definition) is 2. The molecule has 94 valence electrons. The molecular formula is C14H13BrFNS. The van der Waals surface area contributed by atoms with Crippen LogP contribution in [-0.2, 0) is 12.3 Å². The van der Waals surface area contributed by atoms with Gasteiger partial charge < -0.3 is 5.73 Å². The third kappa shape index (κ3) is 3.34. The Kier molecular flexibility index (Phi) is 4.80. The maximum absolute atomic E-state index is 13.8. The summed E-state index contributed by atoms with van der Waals surface area (Å²) >= 11 is 5.09. The molecule has 4 heteroatoms. The topological polar surface area (TPSA) is 26.0 Å². The van der Waals surface area contributed by atoms with Crippen molar-refractivity contribution in [3.05, 3.63) is 63.9 Å². The van der Waals surface area contributed by atoms with E-state index in [-0.39, 0.29) is 5.82 Å². The van der Waals surface area contributed by atoms with Crippen LogP contribution in [0.2, 0.25) is 0 Å². The lowest BCUT2D eigenvalue weighted by molar-refractivity contribution is 0.615. The molecule has 0 amide bonds. The average molecular weight is 326 g/mol. The first kappa shape index (κ1) is 13.6. The zero-order valence-electron chi connectivity index (χ0n) is 9.70. The quantitative estimate of drug-likeness (QED) is 0.846. The van der Waals surface area contributed by atoms with Crippen molar-refractivity contribution in [3.63, 3.8) is 0 Å². The van der Waals surface area contributed by atoms with Gasteiger partial charge in [0.2, 0.25) is 0 Å². The van der Waals surface area contributed by atoms with Gasteiger partial charge in [0.05, 0.1) is 0 Å². The molecule has 0 bridgehead atoms. The number of rotatable bonds is 4. The third-order valence-corrected chi connectivity index (χ3v) is 4.65. The molecule has 0 unspecified atom stereocenters. The minimum Gasteiger partial charge on any atom is -0.326 e. The van der Waals surface area contributed by atoms with Crippen LogP contribution in [0, 0.1) is 5.82 Å². The van der Waals surface area contributed by atoms with Gasteiger partial charge >= 0.3 is 0 Å². The van der Waals surface area contributed by atoms with E-state index in [1.807, 2.05) is 30.3 Å². The Morgan fingerprint density at radius 3 is 2.61 bits per heavy atom. The van der Waals surface area contributed by atoms with Gasteiger partial charge in [0.15, 0.2) is 0 Å². The van der Waals surface area contributed by atoms with Crippen molar-refractivity contribution < 1.29 is 4.39 Å². The van der Waals surface area contributed by atoms with E-state index < -0.39 is 0 Å². The van der Waals surface area contributed by atoms with Crippen LogP contribution in [0.5, 0.6) is 0 Å². The SMILES string of the molecule is NCc1ccc(CSc2ccccc2Br)c(F)c1. The van der Waals surface area contributed by atoms with Crippen molar-refractivity contribution in [1.82, 2.24) is 0 Å². The smallest absolute Gasteiger partial charge is 0.127 e. The van der Waals surface area contributed by atoms with Crippen molar-refractivity contribution in [2.24, 2.45) is 5.73 Å². The number of hydrogen-bond donors (Lipinski definition) is 1. The average Bonchev–Trinajstić information content (AvgIpc) is 2.39. The van der Waals surface area contributed by atoms with Gasteiger partial charge in [0, 0.05) is 21.7 Å². The molecule has 0 fully saturated rings. The van der Waals surface area contributed by atoms with Crippen LogP contribution in [0.25, 0.3) is 0 Å². The van der Waals surface area contributed by atoms with Crippen molar-refractivity contribution in [2.75, 3.05) is 0 Å². The van der Waals surface area contributed by atoms with Gasteiger partial charge in [0.25, 0.3) is 0 Å². The van der Waals surface area contributed by atoms with E-state index in [4.69, 9.17) is 5.73 Å². The summed E-state index contributed by atoms with van der Waals surface area (Å²) in [7, 11) is 0. The fourth-order valence-electron chi connectivity index (χ4n) is 1.55. The predicted molar refractivity (Wildman–Crippen MR) is 78.0 cm³/mol. The van der Waals surface area contributed by atoms with Gasteiger partial charge in [-0.25, -0.2) is 4.39 Å². The van der Waals surface area contributed by atoms with Crippen LogP contribution in [0.4, 0.5) is 4.39 Å². The van der Waals surface area contributed by atoms with Crippen LogP contribution in [0.3, 0.4) is 0 Å². The van der Waals surface area contributed by atoms with Gasteiger partial charge in [-0.2, -0.15) is 0 Å². The van der Waals surface area contributed by atoms with E-state index in [1.54, 1.807) is 17.8 Å². The Labute approximate surface area is 119 Å². The molecule has 0 saturated heterocycles. The molecule has 0 aliphatic heterocycles. The molecule has 2 aromatic carbocycles. The summed E-state index contributed by atoms with van der Waals surface area (Å²) in [5.41, 5.74) is 7.00. The molecule has 0 aliphatic carbocycles. The molecule has 0 radical (unpaired) electrons. The lowest BCUT2D eigenvalue weighted by Gasteiger charge is -2.06. The van der Waals surface area contributed by atoms with Gasteiger partial charge in [-0.3, -0.25) is 0 Å². The van der Waals surface area contributed by atoms with Crippen molar-refractivity contribution in [3.8, 4) is 0 Å².